The molecule has 0 saturated heterocycles. The van der Waals surface area contributed by atoms with Crippen molar-refractivity contribution in [2.75, 3.05) is 12.3 Å². The molecule has 2 rings (SSSR count). The summed E-state index contributed by atoms with van der Waals surface area (Å²) in [5.41, 5.74) is 9.60. The van der Waals surface area contributed by atoms with Gasteiger partial charge in [0.05, 0.1) is 6.61 Å². The smallest absolute Gasteiger partial charge is 0.129 e. The Balaban J connectivity index is 2.39. The first kappa shape index (κ1) is 12.4. The number of aromatic nitrogens is 1. The Morgan fingerprint density at radius 1 is 1.22 bits per heavy atom. The number of ether oxygens (including phenoxy) is 1. The number of hydrogen-bond donors (Lipinski definition) is 1. The van der Waals surface area contributed by atoms with Crippen molar-refractivity contribution in [1.82, 2.24) is 4.98 Å². The highest BCUT2D eigenvalue weighted by molar-refractivity contribution is 5.72. The van der Waals surface area contributed by atoms with Crippen LogP contribution in [0.2, 0.25) is 0 Å². The minimum absolute atomic E-state index is 0.690. The van der Waals surface area contributed by atoms with Gasteiger partial charge >= 0.3 is 0 Å². The lowest BCUT2D eigenvalue weighted by molar-refractivity contribution is 0.319. The standard InChI is InChI=1S/C15H18N2O/c1-3-8-18-15-9-13(16)6-7-14(15)12-5-4-11(2)17-10-12/h4-7,9-10H,3,8,16H2,1-2H3. The molecule has 94 valence electrons. The highest BCUT2D eigenvalue weighted by Crippen LogP contribution is 2.31. The van der Waals surface area contributed by atoms with Crippen molar-refractivity contribution in [3.8, 4) is 16.9 Å². The van der Waals surface area contributed by atoms with Gasteiger partial charge in [0.2, 0.25) is 0 Å². The summed E-state index contributed by atoms with van der Waals surface area (Å²) in [6.45, 7) is 4.75. The van der Waals surface area contributed by atoms with Crippen LogP contribution in [0.25, 0.3) is 11.1 Å². The van der Waals surface area contributed by atoms with Gasteiger partial charge in [-0.3, -0.25) is 4.98 Å². The Hall–Kier alpha value is -2.03. The molecule has 1 aromatic heterocycles. The summed E-state index contributed by atoms with van der Waals surface area (Å²) >= 11 is 0. The van der Waals surface area contributed by atoms with E-state index in [2.05, 4.69) is 11.9 Å². The third kappa shape index (κ3) is 2.80. The summed E-state index contributed by atoms with van der Waals surface area (Å²) < 4.78 is 5.74. The molecule has 0 aliphatic rings. The van der Waals surface area contributed by atoms with Gasteiger partial charge in [-0.25, -0.2) is 0 Å². The molecule has 0 aliphatic carbocycles. The number of nitrogens with zero attached hydrogens (tertiary/aromatic N) is 1. The Morgan fingerprint density at radius 3 is 2.72 bits per heavy atom. The Bertz CT molecular complexity index is 521. The van der Waals surface area contributed by atoms with E-state index in [1.807, 2.05) is 43.5 Å². The van der Waals surface area contributed by atoms with Gasteiger partial charge in [-0.1, -0.05) is 13.0 Å². The van der Waals surface area contributed by atoms with Gasteiger partial charge in [0.1, 0.15) is 5.75 Å². The topological polar surface area (TPSA) is 48.1 Å². The number of rotatable bonds is 4. The lowest BCUT2D eigenvalue weighted by Gasteiger charge is -2.12. The molecule has 0 bridgehead atoms. The van der Waals surface area contributed by atoms with Gasteiger partial charge in [0.25, 0.3) is 0 Å². The van der Waals surface area contributed by atoms with E-state index < -0.39 is 0 Å². The lowest BCUT2D eigenvalue weighted by Crippen LogP contribution is -1.98. The summed E-state index contributed by atoms with van der Waals surface area (Å²) in [7, 11) is 0. The molecular formula is C15H18N2O. The largest absolute Gasteiger partial charge is 0.493 e. The Morgan fingerprint density at radius 2 is 2.06 bits per heavy atom. The number of nitrogen functional groups attached to an aromatic ring is 1. The molecule has 3 heteroatoms. The number of anilines is 1. The second-order valence-corrected chi connectivity index (χ2v) is 4.29. The van der Waals surface area contributed by atoms with E-state index in [1.165, 1.54) is 0 Å². The predicted molar refractivity (Wildman–Crippen MR) is 74.6 cm³/mol. The molecule has 2 aromatic rings. The second kappa shape index (κ2) is 5.54. The minimum Gasteiger partial charge on any atom is -0.493 e. The van der Waals surface area contributed by atoms with E-state index in [-0.39, 0.29) is 0 Å². The van der Waals surface area contributed by atoms with Crippen LogP contribution in [0.1, 0.15) is 19.0 Å². The zero-order valence-corrected chi connectivity index (χ0v) is 10.8. The first-order valence-electron chi connectivity index (χ1n) is 6.16. The first-order valence-corrected chi connectivity index (χ1v) is 6.16. The van der Waals surface area contributed by atoms with Crippen LogP contribution in [0, 0.1) is 6.92 Å². The van der Waals surface area contributed by atoms with Crippen molar-refractivity contribution < 1.29 is 4.74 Å². The maximum Gasteiger partial charge on any atom is 0.129 e. The molecule has 3 nitrogen and oxygen atoms in total. The highest BCUT2D eigenvalue weighted by Gasteiger charge is 2.07. The fourth-order valence-corrected chi connectivity index (χ4v) is 1.74. The summed E-state index contributed by atoms with van der Waals surface area (Å²) in [6.07, 6.45) is 2.83. The van der Waals surface area contributed by atoms with Gasteiger partial charge in [-0.15, -0.1) is 0 Å². The highest BCUT2D eigenvalue weighted by atomic mass is 16.5. The van der Waals surface area contributed by atoms with Crippen LogP contribution in [0.15, 0.2) is 36.5 Å². The van der Waals surface area contributed by atoms with Gasteiger partial charge in [0, 0.05) is 34.8 Å². The molecule has 0 spiro atoms. The number of nitrogens with two attached hydrogens (primary N) is 1. The molecule has 0 atom stereocenters. The third-order valence-electron chi connectivity index (χ3n) is 2.69. The fraction of sp³-hybridized carbons (Fsp3) is 0.267. The van der Waals surface area contributed by atoms with E-state index in [1.54, 1.807) is 0 Å². The normalized spacial score (nSPS) is 10.3. The van der Waals surface area contributed by atoms with Crippen molar-refractivity contribution in [3.63, 3.8) is 0 Å². The summed E-state index contributed by atoms with van der Waals surface area (Å²) in [5.74, 6) is 0.822. The molecule has 0 radical (unpaired) electrons. The minimum atomic E-state index is 0.690. The maximum atomic E-state index is 5.81. The van der Waals surface area contributed by atoms with Crippen molar-refractivity contribution in [1.29, 1.82) is 0 Å². The lowest BCUT2D eigenvalue weighted by atomic mass is 10.1. The van der Waals surface area contributed by atoms with E-state index in [0.717, 1.165) is 29.0 Å². The molecule has 18 heavy (non-hydrogen) atoms. The van der Waals surface area contributed by atoms with Gasteiger partial charge in [-0.05, 0) is 31.5 Å². The van der Waals surface area contributed by atoms with E-state index in [9.17, 15) is 0 Å². The quantitative estimate of drug-likeness (QED) is 0.835. The van der Waals surface area contributed by atoms with Crippen molar-refractivity contribution >= 4 is 5.69 Å². The fourth-order valence-electron chi connectivity index (χ4n) is 1.74. The average Bonchev–Trinajstić information content (AvgIpc) is 2.38. The molecule has 0 unspecified atom stereocenters. The van der Waals surface area contributed by atoms with Crippen LogP contribution in [0.5, 0.6) is 5.75 Å². The molecule has 0 aliphatic heterocycles. The zero-order chi connectivity index (χ0) is 13.0. The molecule has 1 aromatic carbocycles. The monoisotopic (exact) mass is 242 g/mol. The molecule has 0 saturated carbocycles. The number of pyridine rings is 1. The number of hydrogen-bond acceptors (Lipinski definition) is 3. The van der Waals surface area contributed by atoms with Crippen LogP contribution in [-0.4, -0.2) is 11.6 Å². The van der Waals surface area contributed by atoms with Gasteiger partial charge < -0.3 is 10.5 Å². The zero-order valence-electron chi connectivity index (χ0n) is 10.8. The number of aryl methyl sites for hydroxylation is 1. The van der Waals surface area contributed by atoms with Crippen LogP contribution in [0.3, 0.4) is 0 Å². The molecular weight excluding hydrogens is 224 g/mol. The van der Waals surface area contributed by atoms with Crippen molar-refractivity contribution in [2.24, 2.45) is 0 Å². The Labute approximate surface area is 108 Å². The van der Waals surface area contributed by atoms with Gasteiger partial charge in [0.15, 0.2) is 0 Å². The maximum absolute atomic E-state index is 5.81. The third-order valence-corrected chi connectivity index (χ3v) is 2.69. The first-order chi connectivity index (χ1) is 8.70. The predicted octanol–water partition coefficient (Wildman–Crippen LogP) is 3.43. The second-order valence-electron chi connectivity index (χ2n) is 4.29. The molecule has 2 N–H and O–H groups in total. The average molecular weight is 242 g/mol. The van der Waals surface area contributed by atoms with Crippen LogP contribution >= 0.6 is 0 Å². The van der Waals surface area contributed by atoms with Crippen molar-refractivity contribution in [3.05, 3.63) is 42.2 Å². The van der Waals surface area contributed by atoms with Crippen LogP contribution in [-0.2, 0) is 0 Å². The molecule has 1 heterocycles. The molecule has 0 amide bonds. The van der Waals surface area contributed by atoms with Crippen molar-refractivity contribution in [2.45, 2.75) is 20.3 Å². The summed E-state index contributed by atoms with van der Waals surface area (Å²) in [5, 5.41) is 0. The summed E-state index contributed by atoms with van der Waals surface area (Å²) in [6, 6.07) is 9.77. The van der Waals surface area contributed by atoms with E-state index in [0.29, 0.717) is 12.3 Å². The Kier molecular flexibility index (Phi) is 3.82. The van der Waals surface area contributed by atoms with Gasteiger partial charge in [-0.2, -0.15) is 0 Å². The number of benzene rings is 1. The van der Waals surface area contributed by atoms with Crippen LogP contribution < -0.4 is 10.5 Å². The summed E-state index contributed by atoms with van der Waals surface area (Å²) in [4.78, 5) is 4.31. The van der Waals surface area contributed by atoms with E-state index >= 15 is 0 Å². The molecule has 0 fully saturated rings. The van der Waals surface area contributed by atoms with E-state index in [4.69, 9.17) is 10.5 Å². The SMILES string of the molecule is CCCOc1cc(N)ccc1-c1ccc(C)nc1. The van der Waals surface area contributed by atoms with Crippen LogP contribution in [0.4, 0.5) is 5.69 Å².